The summed E-state index contributed by atoms with van der Waals surface area (Å²) in [4.78, 5) is 12.5. The van der Waals surface area contributed by atoms with Crippen LogP contribution in [0.1, 0.15) is 5.56 Å². The highest BCUT2D eigenvalue weighted by Crippen LogP contribution is 2.24. The molecule has 0 aliphatic carbocycles. The van der Waals surface area contributed by atoms with Crippen molar-refractivity contribution in [2.45, 2.75) is 4.90 Å². The van der Waals surface area contributed by atoms with Gasteiger partial charge in [-0.05, 0) is 64.9 Å². The Morgan fingerprint density at radius 1 is 0.912 bits per heavy atom. The third kappa shape index (κ3) is 5.44. The van der Waals surface area contributed by atoms with Crippen molar-refractivity contribution in [3.63, 3.8) is 0 Å². The molecule has 0 heterocycles. The molecule has 8 heteroatoms. The smallest absolute Gasteiger partial charge is 0.339 e. The summed E-state index contributed by atoms with van der Waals surface area (Å²) in [5, 5.41) is 14.2. The molecule has 168 valence electrons. The van der Waals surface area contributed by atoms with Gasteiger partial charge in [0.15, 0.2) is 0 Å². The van der Waals surface area contributed by atoms with Crippen LogP contribution in [-0.2, 0) is 14.9 Å². The van der Waals surface area contributed by atoms with Gasteiger partial charge in [-0.3, -0.25) is 4.79 Å². The van der Waals surface area contributed by atoms with E-state index in [1.807, 2.05) is 30.3 Å². The lowest BCUT2D eigenvalue weighted by atomic mass is 10.1. The van der Waals surface area contributed by atoms with E-state index in [0.29, 0.717) is 16.3 Å². The van der Waals surface area contributed by atoms with E-state index in [1.54, 1.807) is 48.5 Å². The summed E-state index contributed by atoms with van der Waals surface area (Å²) in [6.45, 7) is 0. The maximum absolute atomic E-state index is 12.7. The van der Waals surface area contributed by atoms with Crippen LogP contribution in [0.4, 0.5) is 5.69 Å². The second kappa shape index (κ2) is 9.79. The number of rotatable bonds is 6. The predicted octanol–water partition coefficient (Wildman–Crippen LogP) is 5.81. The molecule has 34 heavy (non-hydrogen) atoms. The van der Waals surface area contributed by atoms with Crippen molar-refractivity contribution in [2.75, 3.05) is 5.32 Å². The number of hydrogen-bond donors (Lipinski definition) is 1. The fraction of sp³-hybridized carbons (Fsp3) is 0. The number of amides is 1. The summed E-state index contributed by atoms with van der Waals surface area (Å²) >= 11 is 5.91. The van der Waals surface area contributed by atoms with Crippen molar-refractivity contribution in [1.29, 1.82) is 5.26 Å². The zero-order valence-corrected chi connectivity index (χ0v) is 19.2. The Kier molecular flexibility index (Phi) is 6.64. The average Bonchev–Trinajstić information content (AvgIpc) is 2.83. The maximum Gasteiger partial charge on any atom is 0.339 e. The summed E-state index contributed by atoms with van der Waals surface area (Å²) in [5.41, 5.74) is 0.854. The minimum absolute atomic E-state index is 0.0413. The second-order valence-electron chi connectivity index (χ2n) is 7.25. The number of nitrogens with zero attached hydrogens (tertiary/aromatic N) is 1. The molecule has 0 saturated carbocycles. The van der Waals surface area contributed by atoms with Crippen molar-refractivity contribution >= 4 is 50.2 Å². The minimum Gasteiger partial charge on any atom is -0.379 e. The van der Waals surface area contributed by atoms with Crippen molar-refractivity contribution in [1.82, 2.24) is 0 Å². The minimum atomic E-state index is -4.04. The predicted molar refractivity (Wildman–Crippen MR) is 132 cm³/mol. The third-order valence-electron chi connectivity index (χ3n) is 4.85. The van der Waals surface area contributed by atoms with Gasteiger partial charge in [-0.2, -0.15) is 13.7 Å². The number of nitriles is 1. The van der Waals surface area contributed by atoms with E-state index in [0.717, 1.165) is 10.8 Å². The molecule has 4 aromatic rings. The number of hydrogen-bond acceptors (Lipinski definition) is 5. The lowest BCUT2D eigenvalue weighted by molar-refractivity contribution is -0.112. The normalized spacial score (nSPS) is 11.6. The van der Waals surface area contributed by atoms with Gasteiger partial charge >= 0.3 is 10.1 Å². The van der Waals surface area contributed by atoms with Crippen LogP contribution < -0.4 is 9.50 Å². The number of benzene rings is 4. The number of nitrogens with one attached hydrogen (secondary N) is 1. The third-order valence-corrected chi connectivity index (χ3v) is 6.33. The quantitative estimate of drug-likeness (QED) is 0.210. The standard InChI is InChI=1S/C26H17ClN2O4S/c27-22-6-3-7-23(16-22)29-26(30)21(17-28)14-18-8-11-24(12-9-18)33-34(31,32)25-13-10-19-4-1-2-5-20(19)15-25/h1-16H,(H,29,30)/b21-14+. The molecule has 4 rings (SSSR count). The van der Waals surface area contributed by atoms with Gasteiger partial charge in [0, 0.05) is 10.7 Å². The molecule has 0 saturated heterocycles. The first-order valence-corrected chi connectivity index (χ1v) is 11.8. The van der Waals surface area contributed by atoms with Gasteiger partial charge in [-0.25, -0.2) is 0 Å². The Balaban J connectivity index is 1.49. The van der Waals surface area contributed by atoms with Gasteiger partial charge in [-0.15, -0.1) is 0 Å². The van der Waals surface area contributed by atoms with Crippen molar-refractivity contribution < 1.29 is 17.4 Å². The average molecular weight is 489 g/mol. The molecular formula is C26H17ClN2O4S. The first kappa shape index (κ1) is 23.1. The Bertz CT molecular complexity index is 1560. The lowest BCUT2D eigenvalue weighted by Crippen LogP contribution is -2.13. The number of carbonyl (C=O) groups excluding carboxylic acids is 1. The molecule has 4 aromatic carbocycles. The Morgan fingerprint density at radius 3 is 2.35 bits per heavy atom. The van der Waals surface area contributed by atoms with Crippen LogP contribution in [0.5, 0.6) is 5.75 Å². The lowest BCUT2D eigenvalue weighted by Gasteiger charge is -2.08. The van der Waals surface area contributed by atoms with E-state index < -0.39 is 16.0 Å². The molecule has 0 aromatic heterocycles. The van der Waals surface area contributed by atoms with Crippen molar-refractivity contribution in [3.8, 4) is 11.8 Å². The summed E-state index contributed by atoms with van der Waals surface area (Å²) in [5.74, 6) is -0.490. The molecular weight excluding hydrogens is 472 g/mol. The van der Waals surface area contributed by atoms with Crippen LogP contribution in [0, 0.1) is 11.3 Å². The van der Waals surface area contributed by atoms with Crippen molar-refractivity contribution in [3.05, 3.63) is 107 Å². The summed E-state index contributed by atoms with van der Waals surface area (Å²) in [6.07, 6.45) is 1.39. The van der Waals surface area contributed by atoms with Gasteiger partial charge in [0.05, 0.1) is 0 Å². The van der Waals surface area contributed by atoms with Crippen LogP contribution in [-0.4, -0.2) is 14.3 Å². The SMILES string of the molecule is N#C/C(=C\c1ccc(OS(=O)(=O)c2ccc3ccccc3c2)cc1)C(=O)Nc1cccc(Cl)c1. The summed E-state index contributed by atoms with van der Waals surface area (Å²) in [6, 6.07) is 26.6. The van der Waals surface area contributed by atoms with Gasteiger partial charge in [-0.1, -0.05) is 60.1 Å². The first-order chi connectivity index (χ1) is 16.3. The van der Waals surface area contributed by atoms with Crippen LogP contribution in [0.15, 0.2) is 101 Å². The van der Waals surface area contributed by atoms with Crippen LogP contribution in [0.25, 0.3) is 16.8 Å². The number of halogens is 1. The molecule has 0 aliphatic heterocycles. The van der Waals surface area contributed by atoms with E-state index >= 15 is 0 Å². The van der Waals surface area contributed by atoms with E-state index in [1.165, 1.54) is 24.3 Å². The van der Waals surface area contributed by atoms with Crippen LogP contribution in [0.2, 0.25) is 5.02 Å². The molecule has 6 nitrogen and oxygen atoms in total. The van der Waals surface area contributed by atoms with E-state index in [2.05, 4.69) is 5.32 Å². The molecule has 0 atom stereocenters. The molecule has 0 radical (unpaired) electrons. The molecule has 0 bridgehead atoms. The van der Waals surface area contributed by atoms with Crippen LogP contribution in [0.3, 0.4) is 0 Å². The Morgan fingerprint density at radius 2 is 1.65 bits per heavy atom. The maximum atomic E-state index is 12.7. The van der Waals surface area contributed by atoms with Crippen LogP contribution >= 0.6 is 11.6 Å². The number of carbonyl (C=O) groups is 1. The van der Waals surface area contributed by atoms with Crippen molar-refractivity contribution in [2.24, 2.45) is 0 Å². The van der Waals surface area contributed by atoms with Gasteiger partial charge in [0.25, 0.3) is 5.91 Å². The molecule has 0 aliphatic rings. The largest absolute Gasteiger partial charge is 0.379 e. The van der Waals surface area contributed by atoms with Gasteiger partial charge in [0.1, 0.15) is 22.3 Å². The molecule has 0 fully saturated rings. The molecule has 1 amide bonds. The highest BCUT2D eigenvalue weighted by atomic mass is 35.5. The van der Waals surface area contributed by atoms with E-state index in [9.17, 15) is 18.5 Å². The molecule has 0 unspecified atom stereocenters. The number of fused-ring (bicyclic) bond motifs is 1. The highest BCUT2D eigenvalue weighted by molar-refractivity contribution is 7.87. The monoisotopic (exact) mass is 488 g/mol. The molecule has 0 spiro atoms. The Hall–Kier alpha value is -4.12. The summed E-state index contributed by atoms with van der Waals surface area (Å²) in [7, 11) is -4.04. The first-order valence-electron chi connectivity index (χ1n) is 10.1. The zero-order valence-electron chi connectivity index (χ0n) is 17.6. The molecule has 1 N–H and O–H groups in total. The fourth-order valence-corrected chi connectivity index (χ4v) is 4.35. The second-order valence-corrected chi connectivity index (χ2v) is 9.23. The number of anilines is 1. The van der Waals surface area contributed by atoms with Gasteiger partial charge < -0.3 is 9.50 Å². The van der Waals surface area contributed by atoms with E-state index in [4.69, 9.17) is 15.8 Å². The topological polar surface area (TPSA) is 96.3 Å². The zero-order chi connectivity index (χ0) is 24.1. The fourth-order valence-electron chi connectivity index (χ4n) is 3.20. The van der Waals surface area contributed by atoms with Gasteiger partial charge in [0.2, 0.25) is 0 Å². The summed E-state index contributed by atoms with van der Waals surface area (Å²) < 4.78 is 30.7. The van der Waals surface area contributed by atoms with E-state index in [-0.39, 0.29) is 16.2 Å². The Labute approximate surface area is 201 Å². The highest BCUT2D eigenvalue weighted by Gasteiger charge is 2.17.